The van der Waals surface area contributed by atoms with Gasteiger partial charge in [0.25, 0.3) is 21.5 Å². The Balaban J connectivity index is 1.52. The monoisotopic (exact) mass is 742 g/mol. The zero-order valence-electron chi connectivity index (χ0n) is 28.6. The molecule has 4 aromatic rings. The Morgan fingerprint density at radius 3 is 2.27 bits per heavy atom. The van der Waals surface area contributed by atoms with Gasteiger partial charge in [0.1, 0.15) is 23.5 Å². The van der Waals surface area contributed by atoms with E-state index in [1.54, 1.807) is 13.8 Å². The topological polar surface area (TPSA) is 208 Å². The highest BCUT2D eigenvalue weighted by Gasteiger charge is 2.29. The lowest BCUT2D eigenvalue weighted by atomic mass is 9.93. The number of carbonyl (C=O) groups excluding carboxylic acids is 3. The molecule has 52 heavy (non-hydrogen) atoms. The number of sulfonamides is 1. The van der Waals surface area contributed by atoms with Crippen molar-refractivity contribution in [2.75, 3.05) is 16.6 Å². The Labute approximate surface area is 296 Å². The van der Waals surface area contributed by atoms with Gasteiger partial charge in [-0.1, -0.05) is 6.07 Å². The molecule has 4 N–H and O–H groups in total. The zero-order chi connectivity index (χ0) is 38.5. The van der Waals surface area contributed by atoms with Gasteiger partial charge in [-0.05, 0) is 69.7 Å². The number of nitrogens with one attached hydrogen (secondary N) is 3. The average molecular weight is 743 g/mol. The molecule has 0 fully saturated rings. The molecule has 0 unspecified atom stereocenters. The van der Waals surface area contributed by atoms with Crippen LogP contribution < -0.4 is 26.6 Å². The van der Waals surface area contributed by atoms with Gasteiger partial charge < -0.3 is 25.0 Å². The highest BCUT2D eigenvalue weighted by molar-refractivity contribution is 7.92. The lowest BCUT2D eigenvalue weighted by Crippen LogP contribution is -2.44. The number of nitrogens with zero attached hydrogens (tertiary/aromatic N) is 3. The van der Waals surface area contributed by atoms with Crippen molar-refractivity contribution in [1.82, 2.24) is 19.4 Å². The number of aliphatic hydroxyl groups is 1. The van der Waals surface area contributed by atoms with Crippen molar-refractivity contribution in [2.24, 2.45) is 12.5 Å². The van der Waals surface area contributed by atoms with E-state index in [9.17, 15) is 37.5 Å². The molecule has 1 atom stereocenters. The average Bonchev–Trinajstić information content (AvgIpc) is 3.08. The van der Waals surface area contributed by atoms with Gasteiger partial charge in [0.05, 0.1) is 34.3 Å². The fourth-order valence-electron chi connectivity index (χ4n) is 4.52. The van der Waals surface area contributed by atoms with E-state index in [0.29, 0.717) is 17.7 Å². The van der Waals surface area contributed by atoms with Crippen LogP contribution in [0.25, 0.3) is 5.82 Å². The van der Waals surface area contributed by atoms with E-state index in [4.69, 9.17) is 4.74 Å². The Morgan fingerprint density at radius 2 is 1.67 bits per heavy atom. The normalized spacial score (nSPS) is 12.2. The van der Waals surface area contributed by atoms with Crippen molar-refractivity contribution in [3.8, 4) is 5.82 Å². The summed E-state index contributed by atoms with van der Waals surface area (Å²) in [5.74, 6) is -5.28. The van der Waals surface area contributed by atoms with Crippen LogP contribution in [0, 0.1) is 17.0 Å². The van der Waals surface area contributed by atoms with Crippen LogP contribution in [0.3, 0.4) is 0 Å². The predicted octanol–water partition coefficient (Wildman–Crippen LogP) is 2.26. The number of hydrogen-bond donors (Lipinski definition) is 4. The van der Waals surface area contributed by atoms with Crippen LogP contribution in [0.15, 0.2) is 81.5 Å². The minimum atomic E-state index is -4.48. The first-order chi connectivity index (χ1) is 24.3. The second-order valence-electron chi connectivity index (χ2n) is 12.6. The first-order valence-electron chi connectivity index (χ1n) is 15.6. The first-order valence-corrected chi connectivity index (χ1v) is 17.1. The van der Waals surface area contributed by atoms with E-state index in [1.807, 2.05) is 4.72 Å². The van der Waals surface area contributed by atoms with Crippen molar-refractivity contribution in [3.63, 3.8) is 0 Å². The van der Waals surface area contributed by atoms with Crippen LogP contribution >= 0.6 is 0 Å². The number of ether oxygens (including phenoxy) is 1. The minimum Gasteiger partial charge on any atom is -0.461 e. The second kappa shape index (κ2) is 15.6. The molecule has 4 rings (SSSR count). The van der Waals surface area contributed by atoms with Crippen LogP contribution in [0.4, 0.5) is 20.2 Å². The molecule has 2 heterocycles. The third-order valence-electron chi connectivity index (χ3n) is 7.55. The molecule has 2 amide bonds. The number of halogens is 2. The van der Waals surface area contributed by atoms with Crippen molar-refractivity contribution >= 4 is 39.2 Å². The summed E-state index contributed by atoms with van der Waals surface area (Å²) in [7, 11) is -3.03. The fourth-order valence-corrected chi connectivity index (χ4v) is 5.58. The Kier molecular flexibility index (Phi) is 11.7. The number of carbonyl (C=O) groups is 3. The molecule has 2 aromatic heterocycles. The van der Waals surface area contributed by atoms with Crippen molar-refractivity contribution in [3.05, 3.63) is 111 Å². The number of anilines is 2. The maximum absolute atomic E-state index is 15.2. The number of aryl methyl sites for hydroxylation is 1. The molecule has 2 aromatic carbocycles. The van der Waals surface area contributed by atoms with E-state index in [0.717, 1.165) is 16.7 Å². The number of aliphatic hydroxyl groups excluding tert-OH is 1. The molecule has 18 heteroatoms. The molecule has 15 nitrogen and oxygen atoms in total. The van der Waals surface area contributed by atoms with Gasteiger partial charge in [-0.25, -0.2) is 36.3 Å². The molecule has 0 aliphatic carbocycles. The summed E-state index contributed by atoms with van der Waals surface area (Å²) < 4.78 is 65.5. The van der Waals surface area contributed by atoms with Crippen LogP contribution in [0.5, 0.6) is 0 Å². The molecule has 0 radical (unpaired) electrons. The largest absolute Gasteiger partial charge is 0.461 e. The zero-order valence-corrected chi connectivity index (χ0v) is 29.5. The summed E-state index contributed by atoms with van der Waals surface area (Å²) >= 11 is 0. The summed E-state index contributed by atoms with van der Waals surface area (Å²) in [6, 6.07) is 8.24. The Bertz CT molecular complexity index is 2220. The fraction of sp³-hybridized carbons (Fsp3) is 0.294. The van der Waals surface area contributed by atoms with E-state index >= 15 is 8.78 Å². The lowest BCUT2D eigenvalue weighted by Gasteiger charge is -2.20. The standard InChI is InChI=1S/C34H36F2N6O9S/c1-19(2)51-31(46)27(14-20-6-11-28(37-17-20)42-29(44)12-13-41(5)33(42)48)39-30(45)23-15-25(36)26(16-24(23)35)40-52(49,50)22-9-7-21(8-10-22)38-32(47)34(3,4)18-43/h6-13,15-17,19,27,40,43H,14,18H2,1-5H3,(H,38,47)(H,39,45)/t27-/m0/s1. The molecular weight excluding hydrogens is 706 g/mol. The Morgan fingerprint density at radius 1 is 1.00 bits per heavy atom. The lowest BCUT2D eigenvalue weighted by molar-refractivity contribution is -0.149. The third kappa shape index (κ3) is 9.12. The maximum atomic E-state index is 15.2. The maximum Gasteiger partial charge on any atom is 0.336 e. The van der Waals surface area contributed by atoms with Gasteiger partial charge in [0.15, 0.2) is 0 Å². The molecule has 0 bridgehead atoms. The van der Waals surface area contributed by atoms with Crippen molar-refractivity contribution < 1.29 is 41.4 Å². The number of benzene rings is 2. The van der Waals surface area contributed by atoms with E-state index < -0.39 is 86.1 Å². The van der Waals surface area contributed by atoms with E-state index in [2.05, 4.69) is 15.6 Å². The van der Waals surface area contributed by atoms with Crippen molar-refractivity contribution in [1.29, 1.82) is 0 Å². The number of hydrogen-bond acceptors (Lipinski definition) is 10. The van der Waals surface area contributed by atoms with Gasteiger partial charge in [-0.15, -0.1) is 0 Å². The molecule has 0 aliphatic heterocycles. The number of amides is 2. The minimum absolute atomic E-state index is 0.00238. The summed E-state index contributed by atoms with van der Waals surface area (Å²) in [6.07, 6.45) is 1.72. The van der Waals surface area contributed by atoms with E-state index in [1.165, 1.54) is 68.2 Å². The Hall–Kier alpha value is -5.75. The predicted molar refractivity (Wildman–Crippen MR) is 184 cm³/mol. The molecular formula is C34H36F2N6O9S. The van der Waals surface area contributed by atoms with Crippen LogP contribution in [0.1, 0.15) is 43.6 Å². The summed E-state index contributed by atoms with van der Waals surface area (Å²) in [6.45, 7) is 5.71. The molecule has 0 saturated carbocycles. The van der Waals surface area contributed by atoms with Gasteiger partial charge in [0.2, 0.25) is 5.91 Å². The molecule has 0 spiro atoms. The first kappa shape index (κ1) is 39.0. The highest BCUT2D eigenvalue weighted by Crippen LogP contribution is 2.25. The van der Waals surface area contributed by atoms with Gasteiger partial charge in [0, 0.05) is 43.7 Å². The van der Waals surface area contributed by atoms with Gasteiger partial charge in [-0.3, -0.25) is 19.1 Å². The second-order valence-corrected chi connectivity index (χ2v) is 14.2. The third-order valence-corrected chi connectivity index (χ3v) is 8.93. The van der Waals surface area contributed by atoms with E-state index in [-0.39, 0.29) is 22.8 Å². The van der Waals surface area contributed by atoms with Crippen LogP contribution in [-0.2, 0) is 37.8 Å². The molecule has 276 valence electrons. The molecule has 0 saturated heterocycles. The summed E-state index contributed by atoms with van der Waals surface area (Å²) in [5, 5.41) is 14.2. The number of aromatic nitrogens is 3. The van der Waals surface area contributed by atoms with Crippen LogP contribution in [0.2, 0.25) is 0 Å². The quantitative estimate of drug-likeness (QED) is 0.147. The smallest absolute Gasteiger partial charge is 0.336 e. The number of rotatable bonds is 13. The van der Waals surface area contributed by atoms with Gasteiger partial charge in [-0.2, -0.15) is 0 Å². The SMILES string of the molecule is CC(C)OC(=O)[C@H](Cc1ccc(-n2c(=O)ccn(C)c2=O)nc1)NC(=O)c1cc(F)c(NS(=O)(=O)c2ccc(NC(=O)C(C)(C)CO)cc2)cc1F. The van der Waals surface area contributed by atoms with Gasteiger partial charge >= 0.3 is 11.7 Å². The number of pyridine rings is 1. The molecule has 0 aliphatic rings. The van der Waals surface area contributed by atoms with Crippen molar-refractivity contribution in [2.45, 2.75) is 51.2 Å². The summed E-state index contributed by atoms with van der Waals surface area (Å²) in [4.78, 5) is 66.9. The van der Waals surface area contributed by atoms with Crippen LogP contribution in [-0.4, -0.2) is 64.2 Å². The number of esters is 1. The summed E-state index contributed by atoms with van der Waals surface area (Å²) in [5.41, 5.74) is -3.47. The highest BCUT2D eigenvalue weighted by atomic mass is 32.2.